The lowest BCUT2D eigenvalue weighted by atomic mass is 9.96. The fraction of sp³-hybridized carbons (Fsp3) is 0.312. The molecule has 0 aliphatic rings. The van der Waals surface area contributed by atoms with Crippen LogP contribution in [0, 0.1) is 5.41 Å². The molecule has 0 spiro atoms. The molecule has 0 aliphatic carbocycles. The van der Waals surface area contributed by atoms with Gasteiger partial charge in [0, 0.05) is 5.41 Å². The zero-order valence-corrected chi connectivity index (χ0v) is 13.3. The Kier molecular flexibility index (Phi) is 3.35. The van der Waals surface area contributed by atoms with Gasteiger partial charge in [-0.25, -0.2) is 4.98 Å². The first-order valence-electron chi connectivity index (χ1n) is 7.11. The van der Waals surface area contributed by atoms with Crippen LogP contribution in [-0.2, 0) is 4.79 Å². The lowest BCUT2D eigenvalue weighted by molar-refractivity contribution is -0.123. The van der Waals surface area contributed by atoms with Crippen LogP contribution in [0.5, 0.6) is 5.75 Å². The Labute approximate surface area is 131 Å². The molecule has 0 unspecified atom stereocenters. The minimum absolute atomic E-state index is 0.0907. The number of fused-ring (bicyclic) bond motifs is 3. The van der Waals surface area contributed by atoms with Crippen LogP contribution >= 0.6 is 0 Å². The van der Waals surface area contributed by atoms with E-state index in [0.29, 0.717) is 22.2 Å². The number of ether oxygens (including phenoxy) is 1. The summed E-state index contributed by atoms with van der Waals surface area (Å²) in [6, 6.07) is 5.19. The van der Waals surface area contributed by atoms with Crippen LogP contribution in [0.2, 0.25) is 0 Å². The summed E-state index contributed by atoms with van der Waals surface area (Å²) in [5.41, 5.74) is -0.0313. The van der Waals surface area contributed by atoms with Gasteiger partial charge in [-0.05, 0) is 18.2 Å². The van der Waals surface area contributed by atoms with Crippen molar-refractivity contribution < 1.29 is 13.9 Å². The second-order valence-corrected chi connectivity index (χ2v) is 6.26. The summed E-state index contributed by atoms with van der Waals surface area (Å²) in [5.74, 6) is 0.473. The summed E-state index contributed by atoms with van der Waals surface area (Å²) >= 11 is 0. The maximum absolute atomic E-state index is 12.2. The maximum atomic E-state index is 12.2. The highest BCUT2D eigenvalue weighted by atomic mass is 16.5. The summed E-state index contributed by atoms with van der Waals surface area (Å²) in [4.78, 5) is 31.1. The van der Waals surface area contributed by atoms with E-state index < -0.39 is 11.0 Å². The number of rotatable bonds is 2. The summed E-state index contributed by atoms with van der Waals surface area (Å²) in [7, 11) is 1.55. The molecule has 2 heterocycles. The van der Waals surface area contributed by atoms with Crippen molar-refractivity contribution in [1.29, 1.82) is 0 Å². The normalized spacial score (nSPS) is 11.8. The highest BCUT2D eigenvalue weighted by molar-refractivity contribution is 6.03. The van der Waals surface area contributed by atoms with E-state index >= 15 is 0 Å². The first kappa shape index (κ1) is 15.1. The molecular formula is C16H17N3O4. The smallest absolute Gasteiger partial charge is 0.296 e. The molecule has 0 fully saturated rings. The molecule has 120 valence electrons. The lowest BCUT2D eigenvalue weighted by Gasteiger charge is -2.16. The molecule has 2 N–H and O–H groups in total. The van der Waals surface area contributed by atoms with E-state index in [0.717, 1.165) is 0 Å². The summed E-state index contributed by atoms with van der Waals surface area (Å²) < 4.78 is 10.7. The molecule has 0 atom stereocenters. The van der Waals surface area contributed by atoms with Crippen LogP contribution in [0.3, 0.4) is 0 Å². The molecular weight excluding hydrogens is 298 g/mol. The number of hydrogen-bond donors (Lipinski definition) is 2. The van der Waals surface area contributed by atoms with Crippen molar-refractivity contribution in [2.24, 2.45) is 5.41 Å². The molecule has 1 amide bonds. The molecule has 7 nitrogen and oxygen atoms in total. The topological polar surface area (TPSA) is 97.2 Å². The van der Waals surface area contributed by atoms with Gasteiger partial charge in [-0.2, -0.15) is 0 Å². The monoisotopic (exact) mass is 315 g/mol. The van der Waals surface area contributed by atoms with Crippen molar-refractivity contribution in [3.05, 3.63) is 28.6 Å². The van der Waals surface area contributed by atoms with Crippen molar-refractivity contribution in [3.8, 4) is 5.75 Å². The molecule has 0 aliphatic heterocycles. The molecule has 7 heteroatoms. The van der Waals surface area contributed by atoms with Gasteiger partial charge in [0.25, 0.3) is 5.56 Å². The Morgan fingerprint density at radius 3 is 2.74 bits per heavy atom. The number of nitrogens with one attached hydrogen (secondary N) is 2. The number of nitrogens with zero attached hydrogens (tertiary/aromatic N) is 1. The van der Waals surface area contributed by atoms with Crippen LogP contribution in [0.1, 0.15) is 20.8 Å². The number of hydrogen-bond acceptors (Lipinski definition) is 5. The molecule has 0 saturated carbocycles. The van der Waals surface area contributed by atoms with Crippen LogP contribution in [0.25, 0.3) is 22.1 Å². The van der Waals surface area contributed by atoms with E-state index in [2.05, 4.69) is 15.3 Å². The van der Waals surface area contributed by atoms with Gasteiger partial charge in [0.2, 0.25) is 17.4 Å². The van der Waals surface area contributed by atoms with Crippen LogP contribution in [0.15, 0.2) is 27.4 Å². The van der Waals surface area contributed by atoms with Crippen molar-refractivity contribution in [1.82, 2.24) is 9.97 Å². The first-order valence-corrected chi connectivity index (χ1v) is 7.11. The van der Waals surface area contributed by atoms with Gasteiger partial charge in [-0.1, -0.05) is 20.8 Å². The SMILES string of the molecule is COc1ccc2oc3c(=O)[nH]c(NC(=O)C(C)(C)C)nc3c2c1. The maximum Gasteiger partial charge on any atom is 0.296 e. The quantitative estimate of drug-likeness (QED) is 0.757. The Balaban J connectivity index is 2.17. The first-order chi connectivity index (χ1) is 10.8. The third-order valence-electron chi connectivity index (χ3n) is 3.44. The molecule has 0 saturated heterocycles. The number of methoxy groups -OCH3 is 1. The minimum atomic E-state index is -0.602. The predicted octanol–water partition coefficient (Wildman–Crippen LogP) is 2.66. The third kappa shape index (κ3) is 2.65. The van der Waals surface area contributed by atoms with Gasteiger partial charge >= 0.3 is 0 Å². The molecule has 3 rings (SSSR count). The van der Waals surface area contributed by atoms with E-state index in [4.69, 9.17) is 9.15 Å². The highest BCUT2D eigenvalue weighted by Crippen LogP contribution is 2.29. The number of H-pyrrole nitrogens is 1. The van der Waals surface area contributed by atoms with Crippen LogP contribution in [-0.4, -0.2) is 23.0 Å². The van der Waals surface area contributed by atoms with Gasteiger partial charge in [0.05, 0.1) is 12.5 Å². The largest absolute Gasteiger partial charge is 0.497 e. The van der Waals surface area contributed by atoms with E-state index in [9.17, 15) is 9.59 Å². The molecule has 23 heavy (non-hydrogen) atoms. The fourth-order valence-electron chi connectivity index (χ4n) is 2.11. The van der Waals surface area contributed by atoms with Crippen molar-refractivity contribution in [2.75, 3.05) is 12.4 Å². The average Bonchev–Trinajstić information content (AvgIpc) is 2.85. The van der Waals surface area contributed by atoms with Crippen molar-refractivity contribution in [2.45, 2.75) is 20.8 Å². The van der Waals surface area contributed by atoms with Gasteiger partial charge in [0.15, 0.2) is 0 Å². The molecule has 2 aromatic heterocycles. The fourth-order valence-corrected chi connectivity index (χ4v) is 2.11. The minimum Gasteiger partial charge on any atom is -0.497 e. The summed E-state index contributed by atoms with van der Waals surface area (Å²) in [6.07, 6.45) is 0. The van der Waals surface area contributed by atoms with E-state index in [-0.39, 0.29) is 17.4 Å². The number of aromatic nitrogens is 2. The lowest BCUT2D eigenvalue weighted by Crippen LogP contribution is -2.29. The number of furan rings is 1. The standard InChI is InChI=1S/C16H17N3O4/c1-16(2,3)14(21)19-15-17-11-9-7-8(22-4)5-6-10(9)23-12(11)13(20)18-15/h5-7H,1-4H3,(H2,17,18,19,20,21). The predicted molar refractivity (Wildman–Crippen MR) is 86.8 cm³/mol. The number of aromatic amines is 1. The van der Waals surface area contributed by atoms with E-state index in [1.807, 2.05) is 0 Å². The van der Waals surface area contributed by atoms with Crippen LogP contribution in [0.4, 0.5) is 5.95 Å². The van der Waals surface area contributed by atoms with Gasteiger partial charge in [-0.3, -0.25) is 19.9 Å². The van der Waals surface area contributed by atoms with Crippen molar-refractivity contribution >= 4 is 33.9 Å². The average molecular weight is 315 g/mol. The van der Waals surface area contributed by atoms with Gasteiger partial charge in [-0.15, -0.1) is 0 Å². The Morgan fingerprint density at radius 2 is 2.09 bits per heavy atom. The Morgan fingerprint density at radius 1 is 1.35 bits per heavy atom. The van der Waals surface area contributed by atoms with E-state index in [1.165, 1.54) is 0 Å². The summed E-state index contributed by atoms with van der Waals surface area (Å²) in [6.45, 7) is 5.32. The second kappa shape index (κ2) is 5.12. The zero-order valence-electron chi connectivity index (χ0n) is 13.3. The number of carbonyl (C=O) groups excluding carboxylic acids is 1. The number of benzene rings is 1. The molecule has 1 aromatic carbocycles. The third-order valence-corrected chi connectivity index (χ3v) is 3.44. The van der Waals surface area contributed by atoms with E-state index in [1.54, 1.807) is 46.1 Å². The zero-order chi connectivity index (χ0) is 16.8. The van der Waals surface area contributed by atoms with Gasteiger partial charge in [0.1, 0.15) is 16.8 Å². The van der Waals surface area contributed by atoms with Crippen molar-refractivity contribution in [3.63, 3.8) is 0 Å². The second-order valence-electron chi connectivity index (χ2n) is 6.26. The van der Waals surface area contributed by atoms with Crippen LogP contribution < -0.4 is 15.6 Å². The van der Waals surface area contributed by atoms with Gasteiger partial charge < -0.3 is 9.15 Å². The number of anilines is 1. The Hall–Kier alpha value is -2.83. The molecule has 0 bridgehead atoms. The molecule has 3 aromatic rings. The number of amides is 1. The highest BCUT2D eigenvalue weighted by Gasteiger charge is 2.23. The molecule has 0 radical (unpaired) electrons. The number of carbonyl (C=O) groups is 1. The Bertz CT molecular complexity index is 963. The summed E-state index contributed by atoms with van der Waals surface area (Å²) in [5, 5.41) is 3.27.